The lowest BCUT2D eigenvalue weighted by atomic mass is 10.0. The van der Waals surface area contributed by atoms with Crippen LogP contribution in [0, 0.1) is 6.92 Å². The van der Waals surface area contributed by atoms with Crippen molar-refractivity contribution in [2.24, 2.45) is 0 Å². The van der Waals surface area contributed by atoms with Gasteiger partial charge in [-0.2, -0.15) is 0 Å². The minimum absolute atomic E-state index is 0.0466. The number of rotatable bonds is 3. The summed E-state index contributed by atoms with van der Waals surface area (Å²) in [6.45, 7) is 2.91. The Morgan fingerprint density at radius 1 is 1.25 bits per heavy atom. The van der Waals surface area contributed by atoms with Gasteiger partial charge in [0.2, 0.25) is 0 Å². The molecule has 4 aromatic rings. The number of aryl methyl sites for hydroxylation is 1. The molecule has 1 N–H and O–H groups in total. The Labute approximate surface area is 183 Å². The number of methoxy groups -OCH3 is 1. The van der Waals surface area contributed by atoms with Gasteiger partial charge in [-0.05, 0) is 44.0 Å². The average Bonchev–Trinajstić information content (AvgIpc) is 3.52. The van der Waals surface area contributed by atoms with E-state index in [4.69, 9.17) is 9.26 Å². The van der Waals surface area contributed by atoms with Crippen molar-refractivity contribution in [3.63, 3.8) is 0 Å². The topological polar surface area (TPSA) is 101 Å². The Kier molecular flexibility index (Phi) is 4.11. The van der Waals surface area contributed by atoms with Crippen molar-refractivity contribution in [2.45, 2.75) is 38.6 Å². The number of nitrogens with one attached hydrogen (secondary N) is 1. The van der Waals surface area contributed by atoms with Crippen LogP contribution >= 0.6 is 0 Å². The molecule has 8 heteroatoms. The van der Waals surface area contributed by atoms with E-state index in [-0.39, 0.29) is 11.9 Å². The second-order valence-corrected chi connectivity index (χ2v) is 8.63. The summed E-state index contributed by atoms with van der Waals surface area (Å²) in [6, 6.07) is 7.40. The second kappa shape index (κ2) is 6.91. The Morgan fingerprint density at radius 2 is 2.09 bits per heavy atom. The third kappa shape index (κ3) is 2.90. The van der Waals surface area contributed by atoms with Crippen LogP contribution in [0.1, 0.15) is 62.1 Å². The molecule has 0 atom stereocenters. The second-order valence-electron chi connectivity index (χ2n) is 8.63. The lowest BCUT2D eigenvalue weighted by Crippen LogP contribution is -2.36. The van der Waals surface area contributed by atoms with Gasteiger partial charge < -0.3 is 19.1 Å². The Hall–Kier alpha value is -3.68. The van der Waals surface area contributed by atoms with Crippen LogP contribution in [0.25, 0.3) is 22.0 Å². The van der Waals surface area contributed by atoms with E-state index in [1.54, 1.807) is 6.07 Å². The van der Waals surface area contributed by atoms with Gasteiger partial charge in [0.25, 0.3) is 11.6 Å². The van der Waals surface area contributed by atoms with E-state index in [9.17, 15) is 9.59 Å². The molecule has 0 radical (unpaired) electrons. The van der Waals surface area contributed by atoms with Crippen molar-refractivity contribution >= 4 is 33.9 Å². The molecule has 8 nitrogen and oxygen atoms in total. The Morgan fingerprint density at radius 3 is 2.88 bits per heavy atom. The molecule has 1 aliphatic heterocycles. The van der Waals surface area contributed by atoms with E-state index >= 15 is 0 Å². The summed E-state index contributed by atoms with van der Waals surface area (Å²) in [5.41, 5.74) is 6.21. The number of aromatic amines is 1. The molecule has 1 amide bonds. The van der Waals surface area contributed by atoms with Gasteiger partial charge in [-0.15, -0.1) is 0 Å². The van der Waals surface area contributed by atoms with E-state index in [0.29, 0.717) is 46.9 Å². The maximum absolute atomic E-state index is 13.7. The number of carbonyl (C=O) groups is 2. The molecule has 3 aromatic heterocycles. The zero-order chi connectivity index (χ0) is 22.0. The molecule has 1 aromatic carbocycles. The first-order valence-corrected chi connectivity index (χ1v) is 10.8. The van der Waals surface area contributed by atoms with E-state index in [2.05, 4.69) is 15.1 Å². The van der Waals surface area contributed by atoms with Crippen LogP contribution in [-0.2, 0) is 17.7 Å². The molecule has 1 aliphatic carbocycles. The van der Waals surface area contributed by atoms with Crippen LogP contribution in [-0.4, -0.2) is 45.6 Å². The molecule has 1 fully saturated rings. The van der Waals surface area contributed by atoms with Gasteiger partial charge in [0.05, 0.1) is 29.3 Å². The lowest BCUT2D eigenvalue weighted by Gasteiger charge is -2.27. The number of esters is 1. The number of amides is 1. The van der Waals surface area contributed by atoms with Crippen LogP contribution in [0.3, 0.4) is 0 Å². The van der Waals surface area contributed by atoms with E-state index in [1.165, 1.54) is 7.11 Å². The number of hydrogen-bond donors (Lipinski definition) is 1. The standard InChI is InChI=1S/C24H22N4O4/c1-12-21-16(10-20(13-3-4-13)26-22(21)32-27-12)23(29)28-8-7-19-17(11-28)15-9-14(24(30)31-2)5-6-18(15)25-19/h5-6,9-10,13,25H,3-4,7-8,11H2,1-2H3. The van der Waals surface area contributed by atoms with Gasteiger partial charge in [-0.3, -0.25) is 4.79 Å². The number of ether oxygens (including phenoxy) is 1. The van der Waals surface area contributed by atoms with E-state index in [1.807, 2.05) is 30.0 Å². The monoisotopic (exact) mass is 430 g/mol. The van der Waals surface area contributed by atoms with Crippen molar-refractivity contribution in [1.82, 2.24) is 20.0 Å². The third-order valence-corrected chi connectivity index (χ3v) is 6.55. The van der Waals surface area contributed by atoms with Crippen molar-refractivity contribution in [1.29, 1.82) is 0 Å². The predicted octanol–water partition coefficient (Wildman–Crippen LogP) is 3.88. The van der Waals surface area contributed by atoms with Gasteiger partial charge in [0.15, 0.2) is 0 Å². The van der Waals surface area contributed by atoms with Crippen LogP contribution in [0.15, 0.2) is 28.8 Å². The molecule has 4 heterocycles. The van der Waals surface area contributed by atoms with Gasteiger partial charge in [-0.25, -0.2) is 9.78 Å². The lowest BCUT2D eigenvalue weighted by molar-refractivity contribution is 0.0600. The number of aromatic nitrogens is 3. The Bertz CT molecular complexity index is 1410. The first kappa shape index (κ1) is 19.0. The first-order valence-electron chi connectivity index (χ1n) is 10.8. The first-order chi connectivity index (χ1) is 15.5. The molecule has 162 valence electrons. The maximum Gasteiger partial charge on any atom is 0.337 e. The fraction of sp³-hybridized carbons (Fsp3) is 0.333. The molecule has 6 rings (SSSR count). The largest absolute Gasteiger partial charge is 0.465 e. The highest BCUT2D eigenvalue weighted by atomic mass is 16.5. The summed E-state index contributed by atoms with van der Waals surface area (Å²) in [7, 11) is 1.37. The van der Waals surface area contributed by atoms with Gasteiger partial charge >= 0.3 is 5.97 Å². The molecule has 0 unspecified atom stereocenters. The summed E-state index contributed by atoms with van der Waals surface area (Å²) in [6.07, 6.45) is 2.89. The van der Waals surface area contributed by atoms with E-state index in [0.717, 1.165) is 47.1 Å². The van der Waals surface area contributed by atoms with Crippen molar-refractivity contribution < 1.29 is 18.8 Å². The van der Waals surface area contributed by atoms with Gasteiger partial charge in [0.1, 0.15) is 0 Å². The molecule has 1 saturated carbocycles. The quantitative estimate of drug-likeness (QED) is 0.495. The predicted molar refractivity (Wildman–Crippen MR) is 117 cm³/mol. The summed E-state index contributed by atoms with van der Waals surface area (Å²) < 4.78 is 10.3. The highest BCUT2D eigenvalue weighted by Crippen LogP contribution is 2.41. The zero-order valence-corrected chi connectivity index (χ0v) is 17.9. The summed E-state index contributed by atoms with van der Waals surface area (Å²) in [4.78, 5) is 35.6. The highest BCUT2D eigenvalue weighted by molar-refractivity contribution is 6.06. The smallest absolute Gasteiger partial charge is 0.337 e. The number of nitrogens with zero attached hydrogens (tertiary/aromatic N) is 3. The van der Waals surface area contributed by atoms with Crippen molar-refractivity contribution in [2.75, 3.05) is 13.7 Å². The van der Waals surface area contributed by atoms with Crippen molar-refractivity contribution in [3.05, 3.63) is 58.0 Å². The molecule has 0 bridgehead atoms. The molecule has 2 aliphatic rings. The van der Waals surface area contributed by atoms with Crippen LogP contribution in [0.5, 0.6) is 0 Å². The zero-order valence-electron chi connectivity index (χ0n) is 17.9. The Balaban J connectivity index is 1.40. The van der Waals surface area contributed by atoms with Crippen molar-refractivity contribution in [3.8, 4) is 0 Å². The summed E-state index contributed by atoms with van der Waals surface area (Å²) in [5, 5.41) is 5.69. The van der Waals surface area contributed by atoms with Gasteiger partial charge in [-0.1, -0.05) is 5.16 Å². The molecule has 32 heavy (non-hydrogen) atoms. The van der Waals surface area contributed by atoms with E-state index < -0.39 is 0 Å². The number of pyridine rings is 1. The average molecular weight is 430 g/mol. The SMILES string of the molecule is COC(=O)c1ccc2[nH]c3c(c2c1)CN(C(=O)c1cc(C2CC2)nc2onc(C)c12)CC3. The van der Waals surface area contributed by atoms with Crippen LogP contribution < -0.4 is 0 Å². The number of fused-ring (bicyclic) bond motifs is 4. The number of H-pyrrole nitrogens is 1. The fourth-order valence-corrected chi connectivity index (χ4v) is 4.67. The molecule has 0 saturated heterocycles. The normalized spacial score (nSPS) is 15.9. The highest BCUT2D eigenvalue weighted by Gasteiger charge is 2.31. The number of hydrogen-bond acceptors (Lipinski definition) is 6. The molecule has 0 spiro atoms. The fourth-order valence-electron chi connectivity index (χ4n) is 4.67. The minimum atomic E-state index is -0.375. The van der Waals surface area contributed by atoms with Gasteiger partial charge in [0, 0.05) is 53.3 Å². The summed E-state index contributed by atoms with van der Waals surface area (Å²) >= 11 is 0. The third-order valence-electron chi connectivity index (χ3n) is 6.55. The molecular weight excluding hydrogens is 408 g/mol. The minimum Gasteiger partial charge on any atom is -0.465 e. The molecular formula is C24H22N4O4. The number of benzene rings is 1. The van der Waals surface area contributed by atoms with Crippen LogP contribution in [0.4, 0.5) is 0 Å². The number of carbonyl (C=O) groups excluding carboxylic acids is 2. The summed E-state index contributed by atoms with van der Waals surface area (Å²) in [5.74, 6) is -0.0234. The van der Waals surface area contributed by atoms with Crippen LogP contribution in [0.2, 0.25) is 0 Å². The maximum atomic E-state index is 13.7.